The van der Waals surface area contributed by atoms with Crippen molar-refractivity contribution >= 4 is 23.3 Å². The smallest absolute Gasteiger partial charge is 0.355 e. The fourth-order valence-corrected chi connectivity index (χ4v) is 2.10. The Hall–Kier alpha value is -1.71. The Bertz CT molecular complexity index is 451. The highest BCUT2D eigenvalue weighted by molar-refractivity contribution is 7.09. The minimum absolute atomic E-state index is 0.0363. The number of amides is 2. The standard InChI is InChI=1S/C11H17N3O5S/c1-19-5-3-14(2-4-15)11(18)12-6-9-13-8(7-20-9)10(16)17/h7,15H,2-6H2,1H3,(H,12,18)(H,16,17). The minimum Gasteiger partial charge on any atom is -0.476 e. The maximum absolute atomic E-state index is 11.9. The number of nitrogens with zero attached hydrogens (tertiary/aromatic N) is 2. The molecule has 112 valence electrons. The van der Waals surface area contributed by atoms with Gasteiger partial charge >= 0.3 is 12.0 Å². The van der Waals surface area contributed by atoms with Gasteiger partial charge in [-0.2, -0.15) is 0 Å². The lowest BCUT2D eigenvalue weighted by Gasteiger charge is -2.21. The topological polar surface area (TPSA) is 112 Å². The fraction of sp³-hybridized carbons (Fsp3) is 0.545. The minimum atomic E-state index is -1.10. The highest BCUT2D eigenvalue weighted by atomic mass is 32.1. The molecule has 0 saturated heterocycles. The molecule has 20 heavy (non-hydrogen) atoms. The van der Waals surface area contributed by atoms with Crippen molar-refractivity contribution in [1.82, 2.24) is 15.2 Å². The summed E-state index contributed by atoms with van der Waals surface area (Å²) in [4.78, 5) is 27.8. The number of aliphatic hydroxyl groups excluding tert-OH is 1. The van der Waals surface area contributed by atoms with Crippen molar-refractivity contribution in [2.24, 2.45) is 0 Å². The molecular formula is C11H17N3O5S. The number of carboxylic acid groups (broad SMARTS) is 1. The van der Waals surface area contributed by atoms with E-state index in [0.29, 0.717) is 18.2 Å². The number of aromatic nitrogens is 1. The first kappa shape index (κ1) is 16.3. The molecule has 1 rings (SSSR count). The van der Waals surface area contributed by atoms with Crippen LogP contribution in [0.5, 0.6) is 0 Å². The van der Waals surface area contributed by atoms with Gasteiger partial charge in [-0.15, -0.1) is 11.3 Å². The number of aromatic carboxylic acids is 1. The lowest BCUT2D eigenvalue weighted by Crippen LogP contribution is -2.42. The highest BCUT2D eigenvalue weighted by Crippen LogP contribution is 2.09. The molecule has 2 amide bonds. The predicted molar refractivity (Wildman–Crippen MR) is 71.8 cm³/mol. The van der Waals surface area contributed by atoms with Crippen LogP contribution in [0.15, 0.2) is 5.38 Å². The summed E-state index contributed by atoms with van der Waals surface area (Å²) in [6.45, 7) is 0.936. The van der Waals surface area contributed by atoms with Crippen molar-refractivity contribution in [1.29, 1.82) is 0 Å². The number of carbonyl (C=O) groups is 2. The van der Waals surface area contributed by atoms with Crippen molar-refractivity contribution in [3.8, 4) is 0 Å². The van der Waals surface area contributed by atoms with Crippen LogP contribution < -0.4 is 5.32 Å². The number of thiazole rings is 1. The van der Waals surface area contributed by atoms with Gasteiger partial charge in [0.2, 0.25) is 0 Å². The number of carboxylic acids is 1. The summed E-state index contributed by atoms with van der Waals surface area (Å²) in [5.41, 5.74) is -0.0363. The average molecular weight is 303 g/mol. The van der Waals surface area contributed by atoms with E-state index in [9.17, 15) is 9.59 Å². The number of nitrogens with one attached hydrogen (secondary N) is 1. The molecule has 0 fully saturated rings. The maximum atomic E-state index is 11.9. The Balaban J connectivity index is 2.48. The van der Waals surface area contributed by atoms with Crippen LogP contribution in [-0.2, 0) is 11.3 Å². The molecule has 0 radical (unpaired) electrons. The van der Waals surface area contributed by atoms with Crippen LogP contribution >= 0.6 is 11.3 Å². The van der Waals surface area contributed by atoms with Crippen molar-refractivity contribution in [2.75, 3.05) is 33.4 Å². The van der Waals surface area contributed by atoms with Crippen molar-refractivity contribution in [3.63, 3.8) is 0 Å². The van der Waals surface area contributed by atoms with E-state index in [4.69, 9.17) is 14.9 Å². The van der Waals surface area contributed by atoms with Gasteiger partial charge in [0.15, 0.2) is 5.69 Å². The largest absolute Gasteiger partial charge is 0.476 e. The number of hydrogen-bond donors (Lipinski definition) is 3. The second kappa shape index (κ2) is 8.46. The monoisotopic (exact) mass is 303 g/mol. The van der Waals surface area contributed by atoms with Gasteiger partial charge < -0.3 is 25.2 Å². The molecule has 0 aliphatic rings. The third-order valence-corrected chi connectivity index (χ3v) is 3.23. The zero-order valence-electron chi connectivity index (χ0n) is 11.0. The van der Waals surface area contributed by atoms with Crippen molar-refractivity contribution in [3.05, 3.63) is 16.1 Å². The zero-order valence-corrected chi connectivity index (χ0v) is 11.9. The van der Waals surface area contributed by atoms with E-state index in [1.165, 1.54) is 17.4 Å². The molecule has 8 nitrogen and oxygen atoms in total. The van der Waals surface area contributed by atoms with E-state index in [-0.39, 0.29) is 31.4 Å². The van der Waals surface area contributed by atoms with Gasteiger partial charge in [0, 0.05) is 25.6 Å². The average Bonchev–Trinajstić information content (AvgIpc) is 2.90. The van der Waals surface area contributed by atoms with Crippen LogP contribution in [-0.4, -0.2) is 65.5 Å². The van der Waals surface area contributed by atoms with Crippen molar-refractivity contribution < 1.29 is 24.5 Å². The normalized spacial score (nSPS) is 10.3. The Kier molecular flexibility index (Phi) is 6.91. The first-order chi connectivity index (χ1) is 9.58. The van der Waals surface area contributed by atoms with Gasteiger partial charge in [-0.05, 0) is 0 Å². The Morgan fingerprint density at radius 3 is 2.80 bits per heavy atom. The van der Waals surface area contributed by atoms with Crippen LogP contribution in [0.1, 0.15) is 15.5 Å². The molecule has 0 spiro atoms. The molecule has 1 aromatic heterocycles. The van der Waals surface area contributed by atoms with Crippen LogP contribution in [0.4, 0.5) is 4.79 Å². The summed E-state index contributed by atoms with van der Waals surface area (Å²) in [6.07, 6.45) is 0. The third-order valence-electron chi connectivity index (χ3n) is 2.38. The highest BCUT2D eigenvalue weighted by Gasteiger charge is 2.14. The molecule has 0 saturated carbocycles. The van der Waals surface area contributed by atoms with E-state index in [2.05, 4.69) is 10.3 Å². The van der Waals surface area contributed by atoms with Crippen LogP contribution in [0.2, 0.25) is 0 Å². The summed E-state index contributed by atoms with van der Waals surface area (Å²) >= 11 is 1.16. The number of ether oxygens (including phenoxy) is 1. The molecule has 0 bridgehead atoms. The van der Waals surface area contributed by atoms with Crippen LogP contribution in [0, 0.1) is 0 Å². The molecular weight excluding hydrogens is 286 g/mol. The Labute approximate surface area is 120 Å². The lowest BCUT2D eigenvalue weighted by atomic mass is 10.5. The fourth-order valence-electron chi connectivity index (χ4n) is 1.39. The number of hydrogen-bond acceptors (Lipinski definition) is 6. The van der Waals surface area contributed by atoms with E-state index < -0.39 is 5.97 Å². The molecule has 0 atom stereocenters. The summed E-state index contributed by atoms with van der Waals surface area (Å²) in [6, 6.07) is -0.358. The number of rotatable bonds is 8. The molecule has 0 aliphatic heterocycles. The summed E-state index contributed by atoms with van der Waals surface area (Å²) < 4.78 is 4.88. The Morgan fingerprint density at radius 1 is 1.50 bits per heavy atom. The summed E-state index contributed by atoms with van der Waals surface area (Å²) in [5, 5.41) is 22.2. The second-order valence-electron chi connectivity index (χ2n) is 3.79. The summed E-state index contributed by atoms with van der Waals surface area (Å²) in [5.74, 6) is -1.10. The Morgan fingerprint density at radius 2 is 2.25 bits per heavy atom. The van der Waals surface area contributed by atoms with Crippen LogP contribution in [0.25, 0.3) is 0 Å². The quantitative estimate of drug-likeness (QED) is 0.623. The molecule has 1 aromatic rings. The number of methoxy groups -OCH3 is 1. The van der Waals surface area contributed by atoms with Gasteiger partial charge in [-0.3, -0.25) is 0 Å². The molecule has 1 heterocycles. The molecule has 3 N–H and O–H groups in total. The lowest BCUT2D eigenvalue weighted by molar-refractivity contribution is 0.0691. The van der Waals surface area contributed by atoms with E-state index in [0.717, 1.165) is 11.3 Å². The van der Waals surface area contributed by atoms with Gasteiger partial charge in [-0.25, -0.2) is 14.6 Å². The van der Waals surface area contributed by atoms with Gasteiger partial charge in [0.05, 0.1) is 19.8 Å². The number of carbonyl (C=O) groups excluding carboxylic acids is 1. The van der Waals surface area contributed by atoms with E-state index in [1.54, 1.807) is 0 Å². The number of aliphatic hydroxyl groups is 1. The van der Waals surface area contributed by atoms with Crippen LogP contribution in [0.3, 0.4) is 0 Å². The second-order valence-corrected chi connectivity index (χ2v) is 4.74. The van der Waals surface area contributed by atoms with Gasteiger partial charge in [0.1, 0.15) is 5.01 Å². The molecule has 0 unspecified atom stereocenters. The third kappa shape index (κ3) is 5.11. The first-order valence-electron chi connectivity index (χ1n) is 5.88. The van der Waals surface area contributed by atoms with E-state index in [1.807, 2.05) is 0 Å². The van der Waals surface area contributed by atoms with Gasteiger partial charge in [0.25, 0.3) is 0 Å². The maximum Gasteiger partial charge on any atom is 0.355 e. The predicted octanol–water partition coefficient (Wildman–Crippen LogP) is -0.00840. The van der Waals surface area contributed by atoms with E-state index >= 15 is 0 Å². The molecule has 9 heteroatoms. The zero-order chi connectivity index (χ0) is 15.0. The van der Waals surface area contributed by atoms with Gasteiger partial charge in [-0.1, -0.05) is 0 Å². The molecule has 0 aromatic carbocycles. The SMILES string of the molecule is COCCN(CCO)C(=O)NCc1nc(C(=O)O)cs1. The van der Waals surface area contributed by atoms with Crippen molar-refractivity contribution in [2.45, 2.75) is 6.54 Å². The summed E-state index contributed by atoms with van der Waals surface area (Å²) in [7, 11) is 1.53. The number of urea groups is 1. The first-order valence-corrected chi connectivity index (χ1v) is 6.76. The molecule has 0 aliphatic carbocycles.